The molecule has 1 N–H and O–H groups in total. The second-order valence-electron chi connectivity index (χ2n) is 3.05. The lowest BCUT2D eigenvalue weighted by Gasteiger charge is -1.96. The monoisotopic (exact) mass is 269 g/mol. The van der Waals surface area contributed by atoms with Gasteiger partial charge in [0, 0.05) is 5.56 Å². The molecule has 1 aromatic rings. The minimum absolute atomic E-state index is 0.0613. The van der Waals surface area contributed by atoms with Crippen molar-refractivity contribution < 1.29 is 18.7 Å². The summed E-state index contributed by atoms with van der Waals surface area (Å²) in [6.45, 7) is 0. The highest BCUT2D eigenvalue weighted by Crippen LogP contribution is 2.27. The fourth-order valence-electron chi connectivity index (χ4n) is 1.25. The third kappa shape index (κ3) is 2.40. The predicted molar refractivity (Wildman–Crippen MR) is 66.4 cm³/mol. The van der Waals surface area contributed by atoms with Crippen molar-refractivity contribution >= 4 is 46.3 Å². The highest BCUT2D eigenvalue weighted by Gasteiger charge is 2.24. The number of nitrogens with one attached hydrogen (secondary N) is 1. The zero-order chi connectivity index (χ0) is 12.4. The van der Waals surface area contributed by atoms with Gasteiger partial charge < -0.3 is 14.5 Å². The first-order valence-corrected chi connectivity index (χ1v) is 5.75. The molecule has 1 amide bonds. The minimum Gasteiger partial charge on any atom is -0.463 e. The van der Waals surface area contributed by atoms with Crippen molar-refractivity contribution in [2.75, 3.05) is 7.11 Å². The number of thiocarbonyl (C=S) groups is 1. The average molecular weight is 269 g/mol. The fourth-order valence-corrected chi connectivity index (χ4v) is 2.29. The molecule has 0 atom stereocenters. The maximum atomic E-state index is 11.4. The summed E-state index contributed by atoms with van der Waals surface area (Å²) in [5.41, 5.74) is 0.485. The van der Waals surface area contributed by atoms with Gasteiger partial charge in [-0.1, -0.05) is 24.0 Å². The highest BCUT2D eigenvalue weighted by molar-refractivity contribution is 8.26. The van der Waals surface area contributed by atoms with Crippen LogP contribution in [0.3, 0.4) is 0 Å². The van der Waals surface area contributed by atoms with Gasteiger partial charge in [-0.25, -0.2) is 4.79 Å². The van der Waals surface area contributed by atoms with E-state index in [0.717, 1.165) is 11.8 Å². The van der Waals surface area contributed by atoms with Gasteiger partial charge in [0.2, 0.25) is 5.76 Å². The Labute approximate surface area is 106 Å². The Kier molecular flexibility index (Phi) is 3.30. The van der Waals surface area contributed by atoms with Crippen LogP contribution in [-0.2, 0) is 9.53 Å². The van der Waals surface area contributed by atoms with E-state index in [1.807, 2.05) is 0 Å². The number of ether oxygens (including phenoxy) is 1. The van der Waals surface area contributed by atoms with Gasteiger partial charge in [0.25, 0.3) is 5.91 Å². The first kappa shape index (κ1) is 11.9. The Morgan fingerprint density at radius 1 is 1.65 bits per heavy atom. The summed E-state index contributed by atoms with van der Waals surface area (Å²) < 4.78 is 9.94. The zero-order valence-corrected chi connectivity index (χ0v) is 10.3. The number of amides is 1. The van der Waals surface area contributed by atoms with Crippen LogP contribution < -0.4 is 5.32 Å². The summed E-state index contributed by atoms with van der Waals surface area (Å²) in [6, 6.07) is 1.58. The van der Waals surface area contributed by atoms with Gasteiger partial charge in [-0.05, 0) is 12.1 Å². The first-order chi connectivity index (χ1) is 8.11. The summed E-state index contributed by atoms with van der Waals surface area (Å²) >= 11 is 5.99. The Bertz CT molecular complexity index is 532. The topological polar surface area (TPSA) is 68.5 Å². The largest absolute Gasteiger partial charge is 0.463 e. The smallest absolute Gasteiger partial charge is 0.374 e. The maximum Gasteiger partial charge on any atom is 0.374 e. The van der Waals surface area contributed by atoms with Crippen LogP contribution in [0.1, 0.15) is 16.1 Å². The van der Waals surface area contributed by atoms with Gasteiger partial charge in [-0.3, -0.25) is 4.79 Å². The lowest BCUT2D eigenvalue weighted by Crippen LogP contribution is -2.17. The summed E-state index contributed by atoms with van der Waals surface area (Å²) in [6.07, 6.45) is 2.89. The number of thioether (sulfide) groups is 1. The Balaban J connectivity index is 2.33. The number of hydrogen-bond acceptors (Lipinski definition) is 6. The van der Waals surface area contributed by atoms with Crippen LogP contribution in [-0.4, -0.2) is 23.3 Å². The molecule has 1 saturated heterocycles. The number of rotatable bonds is 2. The molecular formula is C10H7NO4S2. The van der Waals surface area contributed by atoms with Crippen molar-refractivity contribution in [1.82, 2.24) is 5.32 Å². The van der Waals surface area contributed by atoms with Crippen molar-refractivity contribution in [2.45, 2.75) is 0 Å². The molecule has 0 radical (unpaired) electrons. The number of hydrogen-bond donors (Lipinski definition) is 1. The molecule has 2 heterocycles. The van der Waals surface area contributed by atoms with Gasteiger partial charge in [0.1, 0.15) is 4.32 Å². The number of carbonyl (C=O) groups excluding carboxylic acids is 2. The van der Waals surface area contributed by atoms with Gasteiger partial charge >= 0.3 is 5.97 Å². The third-order valence-corrected chi connectivity index (χ3v) is 3.16. The predicted octanol–water partition coefficient (Wildman–Crippen LogP) is 1.55. The molecule has 17 heavy (non-hydrogen) atoms. The van der Waals surface area contributed by atoms with Crippen molar-refractivity contribution in [2.24, 2.45) is 0 Å². The van der Waals surface area contributed by atoms with Crippen LogP contribution in [0.5, 0.6) is 0 Å². The first-order valence-electron chi connectivity index (χ1n) is 4.52. The van der Waals surface area contributed by atoms with Crippen molar-refractivity contribution in [3.05, 3.63) is 28.6 Å². The lowest BCUT2D eigenvalue weighted by atomic mass is 10.2. The molecular weight excluding hydrogens is 262 g/mol. The molecule has 0 saturated carbocycles. The molecule has 0 unspecified atom stereocenters. The fraction of sp³-hybridized carbons (Fsp3) is 0.100. The van der Waals surface area contributed by atoms with Crippen LogP contribution in [0, 0.1) is 0 Å². The van der Waals surface area contributed by atoms with E-state index in [4.69, 9.17) is 16.6 Å². The molecule has 0 aromatic carbocycles. The summed E-state index contributed by atoms with van der Waals surface area (Å²) in [7, 11) is 1.26. The van der Waals surface area contributed by atoms with E-state index < -0.39 is 5.97 Å². The molecule has 1 fully saturated rings. The lowest BCUT2D eigenvalue weighted by molar-refractivity contribution is -0.115. The zero-order valence-electron chi connectivity index (χ0n) is 8.68. The summed E-state index contributed by atoms with van der Waals surface area (Å²) in [5, 5.41) is 2.48. The quantitative estimate of drug-likeness (QED) is 0.499. The summed E-state index contributed by atoms with van der Waals surface area (Å²) in [5.74, 6) is -0.809. The Morgan fingerprint density at radius 3 is 3.00 bits per heavy atom. The number of esters is 1. The SMILES string of the molecule is COC(=O)c1occc1/C=C1\SC(=S)NC1=O. The van der Waals surface area contributed by atoms with Crippen molar-refractivity contribution in [3.8, 4) is 0 Å². The summed E-state index contributed by atoms with van der Waals surface area (Å²) in [4.78, 5) is 23.2. The second-order valence-corrected chi connectivity index (χ2v) is 4.77. The van der Waals surface area contributed by atoms with Crippen molar-refractivity contribution in [1.29, 1.82) is 0 Å². The maximum absolute atomic E-state index is 11.4. The van der Waals surface area contributed by atoms with E-state index in [0.29, 0.717) is 14.8 Å². The van der Waals surface area contributed by atoms with Gasteiger partial charge in [0.15, 0.2) is 0 Å². The molecule has 0 spiro atoms. The van der Waals surface area contributed by atoms with Crippen LogP contribution >= 0.6 is 24.0 Å². The van der Waals surface area contributed by atoms with Crippen molar-refractivity contribution in [3.63, 3.8) is 0 Å². The molecule has 0 bridgehead atoms. The minimum atomic E-state index is -0.590. The second kappa shape index (κ2) is 4.72. The standard InChI is InChI=1S/C10H7NO4S2/c1-14-9(13)7-5(2-3-15-7)4-6-8(12)11-10(16)17-6/h2-4H,1H3,(H,11,12,16)/b6-4-. The third-order valence-electron chi connectivity index (χ3n) is 2.00. The molecule has 2 rings (SSSR count). The Hall–Kier alpha value is -1.60. The van der Waals surface area contributed by atoms with E-state index >= 15 is 0 Å². The highest BCUT2D eigenvalue weighted by atomic mass is 32.2. The van der Waals surface area contributed by atoms with E-state index in [1.165, 1.54) is 19.4 Å². The van der Waals surface area contributed by atoms with E-state index in [2.05, 4.69) is 10.1 Å². The van der Waals surface area contributed by atoms with E-state index in [9.17, 15) is 9.59 Å². The van der Waals surface area contributed by atoms with Crippen LogP contribution in [0.2, 0.25) is 0 Å². The van der Waals surface area contributed by atoms with Crippen LogP contribution in [0.4, 0.5) is 0 Å². The Morgan fingerprint density at radius 2 is 2.41 bits per heavy atom. The molecule has 0 aliphatic carbocycles. The molecule has 1 aromatic heterocycles. The molecule has 1 aliphatic rings. The van der Waals surface area contributed by atoms with Crippen LogP contribution in [0.15, 0.2) is 21.7 Å². The molecule has 5 nitrogen and oxygen atoms in total. The average Bonchev–Trinajstić information content (AvgIpc) is 2.86. The van der Waals surface area contributed by atoms with Gasteiger partial charge in [-0.15, -0.1) is 0 Å². The normalized spacial score (nSPS) is 17.4. The molecule has 7 heteroatoms. The van der Waals surface area contributed by atoms with Crippen LogP contribution in [0.25, 0.3) is 6.08 Å². The number of carbonyl (C=O) groups is 2. The van der Waals surface area contributed by atoms with Gasteiger partial charge in [0.05, 0.1) is 18.3 Å². The number of methoxy groups -OCH3 is 1. The molecule has 88 valence electrons. The van der Waals surface area contributed by atoms with E-state index in [-0.39, 0.29) is 11.7 Å². The number of furan rings is 1. The molecule has 1 aliphatic heterocycles. The van der Waals surface area contributed by atoms with Gasteiger partial charge in [-0.2, -0.15) is 0 Å². The van der Waals surface area contributed by atoms with E-state index in [1.54, 1.807) is 6.07 Å².